The fourth-order valence-corrected chi connectivity index (χ4v) is 3.43. The van der Waals surface area contributed by atoms with E-state index in [1.165, 1.54) is 0 Å². The van der Waals surface area contributed by atoms with Crippen LogP contribution in [-0.2, 0) is 11.2 Å². The number of amides is 1. The molecule has 3 rings (SSSR count). The van der Waals surface area contributed by atoms with Crippen molar-refractivity contribution in [1.82, 2.24) is 5.32 Å². The number of alkyl halides is 3. The SMILES string of the molecule is O=C(Cc1ccc2ccccc2c1)NC1CCCC(C(F)(F)F)C1. The summed E-state index contributed by atoms with van der Waals surface area (Å²) < 4.78 is 38.5. The third-order valence-corrected chi connectivity index (χ3v) is 4.68. The molecule has 1 fully saturated rings. The van der Waals surface area contributed by atoms with E-state index in [1.807, 2.05) is 42.5 Å². The average molecular weight is 335 g/mol. The quantitative estimate of drug-likeness (QED) is 0.871. The maximum Gasteiger partial charge on any atom is 0.391 e. The van der Waals surface area contributed by atoms with E-state index < -0.39 is 12.1 Å². The van der Waals surface area contributed by atoms with Gasteiger partial charge in [-0.1, -0.05) is 48.9 Å². The molecule has 2 aromatic rings. The fourth-order valence-electron chi connectivity index (χ4n) is 3.43. The van der Waals surface area contributed by atoms with E-state index in [0.717, 1.165) is 16.3 Å². The van der Waals surface area contributed by atoms with Gasteiger partial charge in [0.1, 0.15) is 0 Å². The van der Waals surface area contributed by atoms with Crippen molar-refractivity contribution in [3.05, 3.63) is 48.0 Å². The van der Waals surface area contributed by atoms with Crippen LogP contribution in [0.15, 0.2) is 42.5 Å². The van der Waals surface area contributed by atoms with Crippen molar-refractivity contribution in [1.29, 1.82) is 0 Å². The van der Waals surface area contributed by atoms with Crippen LogP contribution >= 0.6 is 0 Å². The number of carbonyl (C=O) groups is 1. The van der Waals surface area contributed by atoms with E-state index in [1.54, 1.807) is 0 Å². The van der Waals surface area contributed by atoms with Gasteiger partial charge in [0.15, 0.2) is 0 Å². The van der Waals surface area contributed by atoms with E-state index in [4.69, 9.17) is 0 Å². The number of halogens is 3. The Bertz CT molecular complexity index is 726. The lowest BCUT2D eigenvalue weighted by molar-refractivity contribution is -0.184. The zero-order chi connectivity index (χ0) is 17.2. The molecule has 24 heavy (non-hydrogen) atoms. The van der Waals surface area contributed by atoms with E-state index in [2.05, 4.69) is 5.32 Å². The van der Waals surface area contributed by atoms with Gasteiger partial charge >= 0.3 is 6.18 Å². The first kappa shape index (κ1) is 16.8. The van der Waals surface area contributed by atoms with Crippen molar-refractivity contribution in [3.63, 3.8) is 0 Å². The van der Waals surface area contributed by atoms with Crippen LogP contribution in [0.1, 0.15) is 31.2 Å². The number of hydrogen-bond donors (Lipinski definition) is 1. The van der Waals surface area contributed by atoms with Gasteiger partial charge in [-0.25, -0.2) is 0 Å². The number of nitrogens with one attached hydrogen (secondary N) is 1. The molecule has 2 unspecified atom stereocenters. The van der Waals surface area contributed by atoms with Crippen LogP contribution in [0, 0.1) is 5.92 Å². The fraction of sp³-hybridized carbons (Fsp3) is 0.421. The first-order valence-corrected chi connectivity index (χ1v) is 8.25. The molecule has 5 heteroatoms. The topological polar surface area (TPSA) is 29.1 Å². The third-order valence-electron chi connectivity index (χ3n) is 4.68. The smallest absolute Gasteiger partial charge is 0.353 e. The Labute approximate surface area is 139 Å². The molecule has 0 spiro atoms. The monoisotopic (exact) mass is 335 g/mol. The van der Waals surface area contributed by atoms with Crippen molar-refractivity contribution in [2.24, 2.45) is 5.92 Å². The largest absolute Gasteiger partial charge is 0.391 e. The lowest BCUT2D eigenvalue weighted by atomic mass is 9.85. The van der Waals surface area contributed by atoms with Gasteiger partial charge in [-0.3, -0.25) is 4.79 Å². The summed E-state index contributed by atoms with van der Waals surface area (Å²) in [7, 11) is 0. The number of fused-ring (bicyclic) bond motifs is 1. The number of benzene rings is 2. The maximum atomic E-state index is 12.8. The van der Waals surface area contributed by atoms with Crippen molar-refractivity contribution < 1.29 is 18.0 Å². The molecular weight excluding hydrogens is 315 g/mol. The zero-order valence-electron chi connectivity index (χ0n) is 13.3. The molecule has 0 aliphatic heterocycles. The molecule has 0 heterocycles. The molecule has 1 N–H and O–H groups in total. The van der Waals surface area contributed by atoms with Crippen LogP contribution in [0.25, 0.3) is 10.8 Å². The van der Waals surface area contributed by atoms with Crippen LogP contribution in [-0.4, -0.2) is 18.1 Å². The second kappa shape index (κ2) is 6.83. The van der Waals surface area contributed by atoms with Gasteiger partial charge in [-0.2, -0.15) is 13.2 Å². The Kier molecular flexibility index (Phi) is 4.78. The molecule has 1 aliphatic carbocycles. The Hall–Kier alpha value is -2.04. The predicted molar refractivity (Wildman–Crippen MR) is 87.6 cm³/mol. The summed E-state index contributed by atoms with van der Waals surface area (Å²) in [5, 5.41) is 4.93. The van der Waals surface area contributed by atoms with Gasteiger partial charge in [-0.05, 0) is 35.6 Å². The molecule has 2 nitrogen and oxygen atoms in total. The minimum Gasteiger partial charge on any atom is -0.353 e. The molecule has 0 bridgehead atoms. The average Bonchev–Trinajstić information content (AvgIpc) is 2.54. The molecule has 2 atom stereocenters. The normalized spacial score (nSPS) is 21.6. The number of carbonyl (C=O) groups excluding carboxylic acids is 1. The molecule has 128 valence electrons. The zero-order valence-corrected chi connectivity index (χ0v) is 13.3. The minimum atomic E-state index is -4.16. The molecule has 1 aliphatic rings. The molecule has 2 aromatic carbocycles. The van der Waals surface area contributed by atoms with Crippen LogP contribution in [0.4, 0.5) is 13.2 Å². The van der Waals surface area contributed by atoms with E-state index in [0.29, 0.717) is 12.8 Å². The summed E-state index contributed by atoms with van der Waals surface area (Å²) >= 11 is 0. The van der Waals surface area contributed by atoms with E-state index in [-0.39, 0.29) is 31.2 Å². The summed E-state index contributed by atoms with van der Waals surface area (Å²) in [6, 6.07) is 13.3. The second-order valence-electron chi connectivity index (χ2n) is 6.53. The van der Waals surface area contributed by atoms with E-state index >= 15 is 0 Å². The van der Waals surface area contributed by atoms with Crippen molar-refractivity contribution in [2.45, 2.75) is 44.3 Å². The highest BCUT2D eigenvalue weighted by Gasteiger charge is 2.42. The Balaban J connectivity index is 1.60. The van der Waals surface area contributed by atoms with Gasteiger partial charge in [0.2, 0.25) is 5.91 Å². The Morgan fingerprint density at radius 2 is 1.83 bits per heavy atom. The van der Waals surface area contributed by atoms with Crippen LogP contribution < -0.4 is 5.32 Å². The number of rotatable bonds is 3. The summed E-state index contributed by atoms with van der Waals surface area (Å²) in [5.41, 5.74) is 0.870. The van der Waals surface area contributed by atoms with Gasteiger partial charge in [-0.15, -0.1) is 0 Å². The summed E-state index contributed by atoms with van der Waals surface area (Å²) in [5.74, 6) is -1.50. The van der Waals surface area contributed by atoms with Gasteiger partial charge in [0.25, 0.3) is 0 Å². The second-order valence-corrected chi connectivity index (χ2v) is 6.53. The van der Waals surface area contributed by atoms with E-state index in [9.17, 15) is 18.0 Å². The highest BCUT2D eigenvalue weighted by atomic mass is 19.4. The molecule has 1 amide bonds. The van der Waals surface area contributed by atoms with Gasteiger partial charge < -0.3 is 5.32 Å². The van der Waals surface area contributed by atoms with Crippen molar-refractivity contribution in [3.8, 4) is 0 Å². The van der Waals surface area contributed by atoms with Gasteiger partial charge in [0, 0.05) is 6.04 Å². The summed E-state index contributed by atoms with van der Waals surface area (Å²) in [4.78, 5) is 12.2. The first-order chi connectivity index (χ1) is 11.4. The standard InChI is InChI=1S/C19H20F3NO/c20-19(21,22)16-6-3-7-17(12-16)23-18(24)11-13-8-9-14-4-1-2-5-15(14)10-13/h1-2,4-5,8-10,16-17H,3,6-7,11-12H2,(H,23,24). The minimum absolute atomic E-state index is 0.00698. The molecule has 1 saturated carbocycles. The first-order valence-electron chi connectivity index (χ1n) is 8.25. The van der Waals surface area contributed by atoms with Crippen LogP contribution in [0.2, 0.25) is 0 Å². The molecule has 0 saturated heterocycles. The van der Waals surface area contributed by atoms with Crippen molar-refractivity contribution >= 4 is 16.7 Å². The van der Waals surface area contributed by atoms with Crippen molar-refractivity contribution in [2.75, 3.05) is 0 Å². The van der Waals surface area contributed by atoms with Crippen LogP contribution in [0.5, 0.6) is 0 Å². The summed E-state index contributed by atoms with van der Waals surface area (Å²) in [6.45, 7) is 0. The lowest BCUT2D eigenvalue weighted by Crippen LogP contribution is -2.42. The molecule has 0 aromatic heterocycles. The molecular formula is C19H20F3NO. The lowest BCUT2D eigenvalue weighted by Gasteiger charge is -2.31. The highest BCUT2D eigenvalue weighted by molar-refractivity contribution is 5.85. The highest BCUT2D eigenvalue weighted by Crippen LogP contribution is 2.37. The Morgan fingerprint density at radius 1 is 1.08 bits per heavy atom. The van der Waals surface area contributed by atoms with Crippen LogP contribution in [0.3, 0.4) is 0 Å². The predicted octanol–water partition coefficient (Wildman–Crippen LogP) is 4.62. The number of hydrogen-bond acceptors (Lipinski definition) is 1. The maximum absolute atomic E-state index is 12.8. The van der Waals surface area contributed by atoms with Gasteiger partial charge in [0.05, 0.1) is 12.3 Å². The Morgan fingerprint density at radius 3 is 2.58 bits per heavy atom. The summed E-state index contributed by atoms with van der Waals surface area (Å²) in [6.07, 6.45) is -2.69. The third kappa shape index (κ3) is 4.08. The molecule has 0 radical (unpaired) electrons.